The van der Waals surface area contributed by atoms with Crippen molar-refractivity contribution < 1.29 is 9.53 Å². The lowest BCUT2D eigenvalue weighted by atomic mass is 10.0. The monoisotopic (exact) mass is 311 g/mol. The van der Waals surface area contributed by atoms with Crippen LogP contribution in [0.3, 0.4) is 0 Å². The molecule has 2 atom stereocenters. The van der Waals surface area contributed by atoms with Gasteiger partial charge in [-0.15, -0.1) is 0 Å². The smallest absolute Gasteiger partial charge is 0.264 e. The number of benzene rings is 1. The normalized spacial score (nSPS) is 23.4. The van der Waals surface area contributed by atoms with E-state index in [-0.39, 0.29) is 12.0 Å². The molecule has 1 fully saturated rings. The molecular formula is C18H21N3O2. The molecule has 0 aliphatic carbocycles. The minimum Gasteiger partial charge on any atom is -0.480 e. The highest BCUT2D eigenvalue weighted by Gasteiger charge is 2.34. The summed E-state index contributed by atoms with van der Waals surface area (Å²) in [7, 11) is 0. The van der Waals surface area contributed by atoms with Gasteiger partial charge in [-0.1, -0.05) is 18.2 Å². The SMILES string of the molecule is Cc1nccn1[C@H]1CCCN(C(=O)[C@@H]2Cc3ccccc3O2)C1. The fraction of sp³-hybridized carbons (Fsp3) is 0.444. The lowest BCUT2D eigenvalue weighted by molar-refractivity contribution is -0.139. The summed E-state index contributed by atoms with van der Waals surface area (Å²) in [5.41, 5.74) is 1.13. The molecule has 4 rings (SSSR count). The van der Waals surface area contributed by atoms with E-state index in [2.05, 4.69) is 9.55 Å². The van der Waals surface area contributed by atoms with Crippen LogP contribution in [-0.2, 0) is 11.2 Å². The molecule has 1 amide bonds. The Kier molecular flexibility index (Phi) is 3.56. The number of carbonyl (C=O) groups excluding carboxylic acids is 1. The average Bonchev–Trinajstić information content (AvgIpc) is 3.20. The van der Waals surface area contributed by atoms with Crippen LogP contribution < -0.4 is 4.74 Å². The van der Waals surface area contributed by atoms with Crippen molar-refractivity contribution in [1.82, 2.24) is 14.5 Å². The first-order valence-corrected chi connectivity index (χ1v) is 8.25. The Morgan fingerprint density at radius 3 is 3.00 bits per heavy atom. The van der Waals surface area contributed by atoms with E-state index in [9.17, 15) is 4.79 Å². The topological polar surface area (TPSA) is 47.4 Å². The maximum Gasteiger partial charge on any atom is 0.264 e. The van der Waals surface area contributed by atoms with Crippen LogP contribution >= 0.6 is 0 Å². The van der Waals surface area contributed by atoms with E-state index in [0.717, 1.165) is 43.1 Å². The van der Waals surface area contributed by atoms with Crippen LogP contribution in [0, 0.1) is 6.92 Å². The Hall–Kier alpha value is -2.30. The van der Waals surface area contributed by atoms with Gasteiger partial charge in [0.05, 0.1) is 6.04 Å². The summed E-state index contributed by atoms with van der Waals surface area (Å²) in [6.07, 6.45) is 6.26. The first-order valence-electron chi connectivity index (χ1n) is 8.25. The lowest BCUT2D eigenvalue weighted by Gasteiger charge is -2.35. The number of carbonyl (C=O) groups is 1. The van der Waals surface area contributed by atoms with E-state index in [1.54, 1.807) is 0 Å². The summed E-state index contributed by atoms with van der Waals surface area (Å²) < 4.78 is 8.05. The number of aromatic nitrogens is 2. The largest absolute Gasteiger partial charge is 0.480 e. The van der Waals surface area contributed by atoms with Crippen molar-refractivity contribution in [3.63, 3.8) is 0 Å². The van der Waals surface area contributed by atoms with Crippen molar-refractivity contribution in [2.45, 2.75) is 38.3 Å². The van der Waals surface area contributed by atoms with Crippen LogP contribution in [-0.4, -0.2) is 39.6 Å². The molecule has 120 valence electrons. The number of fused-ring (bicyclic) bond motifs is 1. The maximum atomic E-state index is 12.8. The first-order chi connectivity index (χ1) is 11.2. The molecule has 1 saturated heterocycles. The number of piperidine rings is 1. The fourth-order valence-corrected chi connectivity index (χ4v) is 3.68. The molecule has 2 aromatic rings. The highest BCUT2D eigenvalue weighted by molar-refractivity contribution is 5.82. The van der Waals surface area contributed by atoms with Gasteiger partial charge in [-0.3, -0.25) is 4.79 Å². The molecule has 5 nitrogen and oxygen atoms in total. The van der Waals surface area contributed by atoms with Crippen LogP contribution in [0.4, 0.5) is 0 Å². The first kappa shape index (κ1) is 14.3. The molecule has 2 aliphatic heterocycles. The lowest BCUT2D eigenvalue weighted by Crippen LogP contribution is -2.46. The molecular weight excluding hydrogens is 290 g/mol. The van der Waals surface area contributed by atoms with E-state index < -0.39 is 0 Å². The van der Waals surface area contributed by atoms with Crippen LogP contribution in [0.2, 0.25) is 0 Å². The predicted octanol–water partition coefficient (Wildman–Crippen LogP) is 2.36. The van der Waals surface area contributed by atoms with Gasteiger partial charge in [0, 0.05) is 31.9 Å². The maximum absolute atomic E-state index is 12.8. The third-order valence-electron chi connectivity index (χ3n) is 4.89. The summed E-state index contributed by atoms with van der Waals surface area (Å²) in [6.45, 7) is 3.57. The molecule has 1 aromatic carbocycles. The van der Waals surface area contributed by atoms with Gasteiger partial charge in [-0.25, -0.2) is 4.98 Å². The van der Waals surface area contributed by atoms with Gasteiger partial charge >= 0.3 is 0 Å². The van der Waals surface area contributed by atoms with Crippen molar-refractivity contribution >= 4 is 5.91 Å². The number of ether oxygens (including phenoxy) is 1. The molecule has 23 heavy (non-hydrogen) atoms. The zero-order valence-electron chi connectivity index (χ0n) is 13.3. The van der Waals surface area contributed by atoms with E-state index in [1.165, 1.54) is 0 Å². The fourth-order valence-electron chi connectivity index (χ4n) is 3.68. The van der Waals surface area contributed by atoms with Gasteiger partial charge < -0.3 is 14.2 Å². The van der Waals surface area contributed by atoms with Crippen molar-refractivity contribution in [1.29, 1.82) is 0 Å². The molecule has 1 aromatic heterocycles. The molecule has 2 aliphatic rings. The standard InChI is InChI=1S/C18H21N3O2/c1-13-19-8-10-21(13)15-6-4-9-20(12-15)18(22)17-11-14-5-2-3-7-16(14)23-17/h2-3,5,7-8,10,15,17H,4,6,9,11-12H2,1H3/t15-,17-/m0/s1. The number of nitrogens with zero attached hydrogens (tertiary/aromatic N) is 3. The van der Waals surface area contributed by atoms with E-state index in [4.69, 9.17) is 4.74 Å². The average molecular weight is 311 g/mol. The number of amides is 1. The molecule has 0 saturated carbocycles. The quantitative estimate of drug-likeness (QED) is 0.855. The van der Waals surface area contributed by atoms with Crippen molar-refractivity contribution in [2.24, 2.45) is 0 Å². The Labute approximate surface area is 135 Å². The number of aryl methyl sites for hydroxylation is 1. The third kappa shape index (κ3) is 2.60. The number of likely N-dealkylation sites (tertiary alicyclic amines) is 1. The van der Waals surface area contributed by atoms with E-state index >= 15 is 0 Å². The third-order valence-corrected chi connectivity index (χ3v) is 4.89. The van der Waals surface area contributed by atoms with Gasteiger partial charge in [-0.2, -0.15) is 0 Å². The molecule has 0 bridgehead atoms. The molecule has 0 unspecified atom stereocenters. The van der Waals surface area contributed by atoms with Crippen LogP contribution in [0.15, 0.2) is 36.7 Å². The molecule has 0 radical (unpaired) electrons. The highest BCUT2D eigenvalue weighted by atomic mass is 16.5. The molecule has 3 heterocycles. The number of para-hydroxylation sites is 1. The van der Waals surface area contributed by atoms with E-state index in [1.807, 2.05) is 48.5 Å². The van der Waals surface area contributed by atoms with Gasteiger partial charge in [0.2, 0.25) is 0 Å². The molecule has 0 N–H and O–H groups in total. The number of imidazole rings is 1. The zero-order valence-corrected chi connectivity index (χ0v) is 13.3. The van der Waals surface area contributed by atoms with E-state index in [0.29, 0.717) is 12.5 Å². The minimum atomic E-state index is -0.366. The zero-order chi connectivity index (χ0) is 15.8. The van der Waals surface area contributed by atoms with Gasteiger partial charge in [0.25, 0.3) is 5.91 Å². The summed E-state index contributed by atoms with van der Waals surface area (Å²) in [5, 5.41) is 0. The van der Waals surface area contributed by atoms with Gasteiger partial charge in [0.1, 0.15) is 11.6 Å². The predicted molar refractivity (Wildman–Crippen MR) is 86.4 cm³/mol. The van der Waals surface area contributed by atoms with Crippen LogP contribution in [0.25, 0.3) is 0 Å². The van der Waals surface area contributed by atoms with Crippen molar-refractivity contribution in [3.8, 4) is 5.75 Å². The Morgan fingerprint density at radius 1 is 1.35 bits per heavy atom. The summed E-state index contributed by atoms with van der Waals surface area (Å²) in [6, 6.07) is 8.24. The second-order valence-corrected chi connectivity index (χ2v) is 6.38. The summed E-state index contributed by atoms with van der Waals surface area (Å²) in [4.78, 5) is 19.1. The van der Waals surface area contributed by atoms with Crippen LogP contribution in [0.1, 0.15) is 30.3 Å². The highest BCUT2D eigenvalue weighted by Crippen LogP contribution is 2.30. The van der Waals surface area contributed by atoms with Gasteiger partial charge in [0.15, 0.2) is 6.10 Å². The molecule has 5 heteroatoms. The minimum absolute atomic E-state index is 0.115. The molecule has 0 spiro atoms. The summed E-state index contributed by atoms with van der Waals surface area (Å²) >= 11 is 0. The second-order valence-electron chi connectivity index (χ2n) is 6.38. The second kappa shape index (κ2) is 5.72. The van der Waals surface area contributed by atoms with Gasteiger partial charge in [-0.05, 0) is 31.4 Å². The Morgan fingerprint density at radius 2 is 2.22 bits per heavy atom. The Bertz CT molecular complexity index is 700. The number of hydrogen-bond donors (Lipinski definition) is 0. The summed E-state index contributed by atoms with van der Waals surface area (Å²) in [5.74, 6) is 1.97. The number of rotatable bonds is 2. The Balaban J connectivity index is 1.46. The van der Waals surface area contributed by atoms with Crippen molar-refractivity contribution in [2.75, 3.05) is 13.1 Å². The van der Waals surface area contributed by atoms with Crippen molar-refractivity contribution in [3.05, 3.63) is 48.0 Å². The number of hydrogen-bond acceptors (Lipinski definition) is 3. The van der Waals surface area contributed by atoms with Crippen LogP contribution in [0.5, 0.6) is 5.75 Å².